The molecule has 3 nitrogen and oxygen atoms in total. The molecule has 0 bridgehead atoms. The van der Waals surface area contributed by atoms with Crippen LogP contribution in [0.15, 0.2) is 230 Å². The summed E-state index contributed by atoms with van der Waals surface area (Å²) >= 11 is 0. The van der Waals surface area contributed by atoms with Gasteiger partial charge in [-0.15, -0.1) is 0 Å². The molecular weight excluding hydrogens is 687 g/mol. The fourth-order valence-corrected chi connectivity index (χ4v) is 10.5. The maximum atomic E-state index is 6.26. The highest BCUT2D eigenvalue weighted by Crippen LogP contribution is 2.33. The molecule has 0 spiro atoms. The number of hydrogen-bond donors (Lipinski definition) is 0. The second-order valence-electron chi connectivity index (χ2n) is 12.5. The minimum atomic E-state index is -0.164. The first-order chi connectivity index (χ1) is 26.3. The molecule has 0 unspecified atom stereocenters. The van der Waals surface area contributed by atoms with Crippen LogP contribution in [0.4, 0.5) is 5.69 Å². The van der Waals surface area contributed by atoms with Crippen molar-refractivity contribution >= 4 is 27.5 Å². The summed E-state index contributed by atoms with van der Waals surface area (Å²) in [6, 6.07) is 71.0. The normalized spacial score (nSPS) is 11.1. The second kappa shape index (κ2) is 18.9. The average Bonchev–Trinajstić information content (AvgIpc) is 3.23. The Bertz CT molecular complexity index is 1850. The van der Waals surface area contributed by atoms with Crippen LogP contribution < -0.4 is 14.4 Å². The van der Waals surface area contributed by atoms with Crippen molar-refractivity contribution < 1.29 is 9.47 Å². The molecule has 5 heteroatoms. The molecule has 0 saturated heterocycles. The van der Waals surface area contributed by atoms with E-state index in [4.69, 9.17) is 9.47 Å². The van der Waals surface area contributed by atoms with Gasteiger partial charge in [0.2, 0.25) is 0 Å². The lowest BCUT2D eigenvalue weighted by Gasteiger charge is -2.25. The summed E-state index contributed by atoms with van der Waals surface area (Å²) in [5, 5.41) is 0. The summed E-state index contributed by atoms with van der Waals surface area (Å²) in [7, 11) is -0.329. The van der Waals surface area contributed by atoms with Crippen LogP contribution in [-0.2, 0) is 21.8 Å². The van der Waals surface area contributed by atoms with E-state index in [9.17, 15) is 0 Å². The summed E-state index contributed by atoms with van der Waals surface area (Å²) < 4.78 is 12.5. The quantitative estimate of drug-likeness (QED) is 0.0688. The third-order valence-corrected chi connectivity index (χ3v) is 13.3. The molecule has 0 heterocycles. The predicted molar refractivity (Wildman–Crippen MR) is 222 cm³/mol. The molecule has 0 aliphatic carbocycles. The van der Waals surface area contributed by atoms with Crippen LogP contribution in [0.5, 0.6) is 11.5 Å². The van der Waals surface area contributed by atoms with Crippen LogP contribution in [-0.4, -0.2) is 26.3 Å². The van der Waals surface area contributed by atoms with Gasteiger partial charge in [0.15, 0.2) is 29.4 Å². The van der Waals surface area contributed by atoms with Crippen molar-refractivity contribution in [3.8, 4) is 11.5 Å². The molecule has 7 rings (SSSR count). The van der Waals surface area contributed by atoms with Crippen molar-refractivity contribution in [2.75, 3.05) is 31.2 Å². The van der Waals surface area contributed by atoms with Gasteiger partial charge in [-0.3, -0.25) is 0 Å². The lowest BCUT2D eigenvalue weighted by atomic mass is 10.2. The maximum Gasteiger partial charge on any atom is 0.166 e. The van der Waals surface area contributed by atoms with Gasteiger partial charge in [0.25, 0.3) is 0 Å². The summed E-state index contributed by atoms with van der Waals surface area (Å²) in [5.74, 6) is 1.81. The third kappa shape index (κ3) is 9.95. The minimum Gasteiger partial charge on any atom is -0.494 e. The van der Waals surface area contributed by atoms with E-state index in [0.717, 1.165) is 37.4 Å². The molecule has 0 aliphatic heterocycles. The zero-order valence-corrected chi connectivity index (χ0v) is 31.5. The Morgan fingerprint density at radius 2 is 0.604 bits per heavy atom. The van der Waals surface area contributed by atoms with E-state index in [1.165, 1.54) is 35.1 Å². The topological polar surface area (TPSA) is 21.7 Å². The monoisotopic (exact) mass is 731 g/mol. The third-order valence-electron chi connectivity index (χ3n) is 8.84. The molecule has 7 aromatic rings. The Hall–Kier alpha value is -5.36. The van der Waals surface area contributed by atoms with Crippen molar-refractivity contribution in [2.24, 2.45) is 0 Å². The molecule has 0 atom stereocenters. The van der Waals surface area contributed by atoms with Crippen LogP contribution in [0, 0.1) is 0 Å². The lowest BCUT2D eigenvalue weighted by molar-refractivity contribution is 0.304. The molecule has 0 radical (unpaired) electrons. The van der Waals surface area contributed by atoms with Gasteiger partial charge in [0, 0.05) is 18.8 Å². The van der Waals surface area contributed by atoms with Crippen LogP contribution in [0.3, 0.4) is 0 Å². The first-order valence-corrected chi connectivity index (χ1v) is 20.7. The van der Waals surface area contributed by atoms with E-state index in [2.05, 4.69) is 205 Å². The Morgan fingerprint density at radius 3 is 0.925 bits per heavy atom. The van der Waals surface area contributed by atoms with Crippen LogP contribution in [0.1, 0.15) is 12.8 Å². The standard InChI is InChI=1S/C48H45NO2S2/c1-6-18-40(19-7-1)49(36-16-38-50-41-28-32-47(33-29-41)52(43-20-8-2-9-21-43)44-22-10-3-11-23-44)37-17-39-51-42-30-34-48(35-31-42)53(45-24-12-4-13-25-45)46-26-14-5-15-27-46/h1-15,18-35H,16-17,36-39H2/q+2. The predicted octanol–water partition coefficient (Wildman–Crippen LogP) is 11.6. The number of para-hydroxylation sites is 1. The number of anilines is 1. The van der Waals surface area contributed by atoms with Gasteiger partial charge >= 0.3 is 0 Å². The minimum absolute atomic E-state index is 0.164. The number of benzene rings is 7. The van der Waals surface area contributed by atoms with Crippen LogP contribution in [0.2, 0.25) is 0 Å². The Kier molecular flexibility index (Phi) is 12.9. The molecular formula is C48H45NO2S2+2. The molecule has 0 N–H and O–H groups in total. The van der Waals surface area contributed by atoms with Gasteiger partial charge in [-0.25, -0.2) is 0 Å². The Balaban J connectivity index is 0.914. The highest BCUT2D eigenvalue weighted by Gasteiger charge is 2.29. The number of nitrogens with zero attached hydrogens (tertiary/aromatic N) is 1. The highest BCUT2D eigenvalue weighted by molar-refractivity contribution is 7.97. The van der Waals surface area contributed by atoms with Crippen LogP contribution in [0.25, 0.3) is 0 Å². The van der Waals surface area contributed by atoms with Gasteiger partial charge in [0.05, 0.1) is 35.0 Å². The van der Waals surface area contributed by atoms with Gasteiger partial charge < -0.3 is 14.4 Å². The van der Waals surface area contributed by atoms with Gasteiger partial charge in [-0.1, -0.05) is 91.0 Å². The van der Waals surface area contributed by atoms with Crippen molar-refractivity contribution in [3.63, 3.8) is 0 Å². The van der Waals surface area contributed by atoms with Crippen molar-refractivity contribution in [3.05, 3.63) is 200 Å². The number of ether oxygens (including phenoxy) is 2. The molecule has 7 aromatic carbocycles. The van der Waals surface area contributed by atoms with E-state index in [1.807, 2.05) is 0 Å². The van der Waals surface area contributed by atoms with Crippen LogP contribution >= 0.6 is 0 Å². The summed E-state index contributed by atoms with van der Waals surface area (Å²) in [6.45, 7) is 3.12. The molecule has 0 saturated carbocycles. The van der Waals surface area contributed by atoms with E-state index < -0.39 is 0 Å². The molecule has 0 aliphatic rings. The zero-order chi connectivity index (χ0) is 35.9. The second-order valence-corrected chi connectivity index (χ2v) is 16.6. The molecule has 264 valence electrons. The van der Waals surface area contributed by atoms with E-state index >= 15 is 0 Å². The van der Waals surface area contributed by atoms with Gasteiger partial charge in [-0.05, 0) is 122 Å². The first kappa shape index (κ1) is 36.0. The highest BCUT2D eigenvalue weighted by atomic mass is 32.2. The molecule has 0 aromatic heterocycles. The van der Waals surface area contributed by atoms with E-state index in [-0.39, 0.29) is 21.8 Å². The maximum absolute atomic E-state index is 6.26. The van der Waals surface area contributed by atoms with E-state index in [0.29, 0.717) is 13.2 Å². The lowest BCUT2D eigenvalue weighted by Crippen LogP contribution is -2.27. The van der Waals surface area contributed by atoms with E-state index in [1.54, 1.807) is 0 Å². The van der Waals surface area contributed by atoms with Crippen molar-refractivity contribution in [1.82, 2.24) is 0 Å². The molecule has 0 fully saturated rings. The van der Waals surface area contributed by atoms with Crippen molar-refractivity contribution in [1.29, 1.82) is 0 Å². The smallest absolute Gasteiger partial charge is 0.166 e. The summed E-state index contributed by atoms with van der Waals surface area (Å²) in [5.41, 5.74) is 1.23. The largest absolute Gasteiger partial charge is 0.494 e. The Morgan fingerprint density at radius 1 is 0.321 bits per heavy atom. The fourth-order valence-electron chi connectivity index (χ4n) is 6.29. The SMILES string of the molecule is c1ccc(N(CCCOc2ccc([S+](c3ccccc3)c3ccccc3)cc2)CCCOc2ccc([S+](c3ccccc3)c3ccccc3)cc2)cc1. The number of rotatable bonds is 17. The number of hydrogen-bond acceptors (Lipinski definition) is 3. The molecule has 53 heavy (non-hydrogen) atoms. The zero-order valence-electron chi connectivity index (χ0n) is 29.9. The van der Waals surface area contributed by atoms with Gasteiger partial charge in [-0.2, -0.15) is 0 Å². The van der Waals surface area contributed by atoms with Crippen molar-refractivity contribution in [2.45, 2.75) is 42.2 Å². The molecule has 0 amide bonds. The summed E-state index contributed by atoms with van der Waals surface area (Å²) in [6.07, 6.45) is 1.84. The summed E-state index contributed by atoms with van der Waals surface area (Å²) in [4.78, 5) is 10.3. The average molecular weight is 732 g/mol. The first-order valence-electron chi connectivity index (χ1n) is 18.3. The fraction of sp³-hybridized carbons (Fsp3) is 0.125. The Labute approximate surface area is 320 Å². The van der Waals surface area contributed by atoms with Gasteiger partial charge in [0.1, 0.15) is 11.5 Å².